The number of ether oxygens (including phenoxy) is 2. The largest absolute Gasteiger partial charge is 0.376 e. The predicted octanol–water partition coefficient (Wildman–Crippen LogP) is 0.814. The van der Waals surface area contributed by atoms with Crippen molar-refractivity contribution in [3.8, 4) is 0 Å². The highest BCUT2D eigenvalue weighted by Crippen LogP contribution is 2.24. The summed E-state index contributed by atoms with van der Waals surface area (Å²) in [5.41, 5.74) is 0.756. The number of hydrogen-bond acceptors (Lipinski definition) is 5. The molecule has 0 bridgehead atoms. The second-order valence-electron chi connectivity index (χ2n) is 7.56. The molecule has 1 aromatic heterocycles. The van der Waals surface area contributed by atoms with E-state index in [0.717, 1.165) is 25.5 Å². The van der Waals surface area contributed by atoms with Gasteiger partial charge in [-0.25, -0.2) is 4.98 Å². The van der Waals surface area contributed by atoms with Crippen molar-refractivity contribution in [2.45, 2.75) is 32.9 Å². The third-order valence-corrected chi connectivity index (χ3v) is 5.19. The minimum absolute atomic E-state index is 0.00717. The van der Waals surface area contributed by atoms with E-state index in [0.29, 0.717) is 32.9 Å². The van der Waals surface area contributed by atoms with Gasteiger partial charge >= 0.3 is 0 Å². The molecule has 0 N–H and O–H groups in total. The molecule has 3 heterocycles. The maximum absolute atomic E-state index is 12.5. The molecule has 2 saturated heterocycles. The Kier molecular flexibility index (Phi) is 5.46. The van der Waals surface area contributed by atoms with Crippen LogP contribution in [0.1, 0.15) is 25.4 Å². The molecule has 25 heavy (non-hydrogen) atoms. The number of morpholine rings is 1. The van der Waals surface area contributed by atoms with Gasteiger partial charge in [0.15, 0.2) is 0 Å². The number of aromatic nitrogens is 2. The molecule has 140 valence electrons. The average Bonchev–Trinajstić information content (AvgIpc) is 2.78. The summed E-state index contributed by atoms with van der Waals surface area (Å²) in [6.45, 7) is 11.4. The zero-order chi connectivity index (χ0) is 18.0. The Morgan fingerprint density at radius 2 is 2.12 bits per heavy atom. The van der Waals surface area contributed by atoms with E-state index in [2.05, 4.69) is 14.5 Å². The first-order valence-corrected chi connectivity index (χ1v) is 9.10. The van der Waals surface area contributed by atoms with Gasteiger partial charge in [0, 0.05) is 45.3 Å². The van der Waals surface area contributed by atoms with Crippen LogP contribution >= 0.6 is 0 Å². The summed E-state index contributed by atoms with van der Waals surface area (Å²) in [5.74, 6) is 1.18. The Hall–Kier alpha value is -1.44. The van der Waals surface area contributed by atoms with Gasteiger partial charge in [0.2, 0.25) is 5.91 Å². The SMILES string of the molecule is Cc1ncc(CN2CCOC3(COCCN(C(=O)C(C)C)C3)C2)n1C. The van der Waals surface area contributed by atoms with Crippen molar-refractivity contribution < 1.29 is 14.3 Å². The number of carbonyl (C=O) groups excluding carboxylic acids is 1. The lowest BCUT2D eigenvalue weighted by atomic mass is 10.0. The molecule has 0 saturated carbocycles. The molecule has 7 nitrogen and oxygen atoms in total. The number of hydrogen-bond donors (Lipinski definition) is 0. The molecule has 0 aliphatic carbocycles. The van der Waals surface area contributed by atoms with Gasteiger partial charge in [-0.3, -0.25) is 9.69 Å². The normalized spacial score (nSPS) is 25.6. The van der Waals surface area contributed by atoms with E-state index >= 15 is 0 Å². The van der Waals surface area contributed by atoms with E-state index in [1.165, 1.54) is 5.69 Å². The summed E-state index contributed by atoms with van der Waals surface area (Å²) in [6, 6.07) is 0. The fourth-order valence-corrected chi connectivity index (χ4v) is 3.63. The minimum atomic E-state index is -0.438. The van der Waals surface area contributed by atoms with Crippen LogP contribution in [-0.2, 0) is 27.9 Å². The molecule has 2 fully saturated rings. The van der Waals surface area contributed by atoms with Crippen LogP contribution in [0.5, 0.6) is 0 Å². The van der Waals surface area contributed by atoms with Crippen LogP contribution in [0.25, 0.3) is 0 Å². The molecule has 1 amide bonds. The van der Waals surface area contributed by atoms with Gasteiger partial charge in [-0.2, -0.15) is 0 Å². The molecule has 2 aliphatic heterocycles. The molecule has 3 rings (SSSR count). The number of aryl methyl sites for hydroxylation is 1. The Bertz CT molecular complexity index is 615. The summed E-state index contributed by atoms with van der Waals surface area (Å²) in [7, 11) is 2.05. The predicted molar refractivity (Wildman–Crippen MR) is 94.1 cm³/mol. The van der Waals surface area contributed by atoms with Gasteiger partial charge < -0.3 is 18.9 Å². The summed E-state index contributed by atoms with van der Waals surface area (Å²) < 4.78 is 14.1. The first-order chi connectivity index (χ1) is 11.9. The smallest absolute Gasteiger partial charge is 0.225 e. The van der Waals surface area contributed by atoms with Crippen molar-refractivity contribution in [1.82, 2.24) is 19.4 Å². The van der Waals surface area contributed by atoms with Crippen LogP contribution < -0.4 is 0 Å². The number of amides is 1. The summed E-state index contributed by atoms with van der Waals surface area (Å²) in [4.78, 5) is 21.2. The first-order valence-electron chi connectivity index (χ1n) is 9.10. The lowest BCUT2D eigenvalue weighted by molar-refractivity contribution is -0.154. The van der Waals surface area contributed by atoms with E-state index in [1.54, 1.807) is 0 Å². The Morgan fingerprint density at radius 1 is 1.32 bits per heavy atom. The fraction of sp³-hybridized carbons (Fsp3) is 0.778. The van der Waals surface area contributed by atoms with Gasteiger partial charge in [0.1, 0.15) is 11.4 Å². The topological polar surface area (TPSA) is 59.8 Å². The highest BCUT2D eigenvalue weighted by atomic mass is 16.5. The molecule has 1 unspecified atom stereocenters. The molecule has 1 aromatic rings. The maximum Gasteiger partial charge on any atom is 0.225 e. The number of nitrogens with zero attached hydrogens (tertiary/aromatic N) is 4. The van der Waals surface area contributed by atoms with Crippen molar-refractivity contribution in [3.63, 3.8) is 0 Å². The van der Waals surface area contributed by atoms with Gasteiger partial charge in [0.25, 0.3) is 0 Å². The third-order valence-electron chi connectivity index (χ3n) is 5.19. The molecule has 0 radical (unpaired) electrons. The summed E-state index contributed by atoms with van der Waals surface area (Å²) in [6.07, 6.45) is 1.94. The molecule has 1 atom stereocenters. The molecular weight excluding hydrogens is 320 g/mol. The van der Waals surface area contributed by atoms with Gasteiger partial charge in [-0.05, 0) is 6.92 Å². The van der Waals surface area contributed by atoms with Gasteiger partial charge in [-0.1, -0.05) is 13.8 Å². The van der Waals surface area contributed by atoms with Crippen LogP contribution in [-0.4, -0.2) is 76.9 Å². The Balaban J connectivity index is 1.71. The van der Waals surface area contributed by atoms with E-state index < -0.39 is 5.60 Å². The van der Waals surface area contributed by atoms with E-state index in [9.17, 15) is 4.79 Å². The van der Waals surface area contributed by atoms with E-state index in [-0.39, 0.29) is 11.8 Å². The second-order valence-corrected chi connectivity index (χ2v) is 7.56. The highest BCUT2D eigenvalue weighted by Gasteiger charge is 2.41. The van der Waals surface area contributed by atoms with Gasteiger partial charge in [-0.15, -0.1) is 0 Å². The van der Waals surface area contributed by atoms with Gasteiger partial charge in [0.05, 0.1) is 32.1 Å². The lowest BCUT2D eigenvalue weighted by Crippen LogP contribution is -2.59. The third kappa shape index (κ3) is 4.04. The van der Waals surface area contributed by atoms with Crippen molar-refractivity contribution >= 4 is 5.91 Å². The van der Waals surface area contributed by atoms with Crippen molar-refractivity contribution in [3.05, 3.63) is 17.7 Å². The monoisotopic (exact) mass is 350 g/mol. The van der Waals surface area contributed by atoms with E-state index in [4.69, 9.17) is 9.47 Å². The lowest BCUT2D eigenvalue weighted by Gasteiger charge is -2.43. The maximum atomic E-state index is 12.5. The first kappa shape index (κ1) is 18.4. The summed E-state index contributed by atoms with van der Waals surface area (Å²) >= 11 is 0. The number of rotatable bonds is 3. The zero-order valence-electron chi connectivity index (χ0n) is 15.8. The van der Waals surface area contributed by atoms with Crippen molar-refractivity contribution in [2.75, 3.05) is 46.0 Å². The molecule has 1 spiro atoms. The number of imidazole rings is 1. The Labute approximate surface area is 149 Å². The van der Waals surface area contributed by atoms with Crippen LogP contribution in [0, 0.1) is 12.8 Å². The fourth-order valence-electron chi connectivity index (χ4n) is 3.63. The van der Waals surface area contributed by atoms with Crippen molar-refractivity contribution in [1.29, 1.82) is 0 Å². The quantitative estimate of drug-likeness (QED) is 0.808. The van der Waals surface area contributed by atoms with Crippen LogP contribution in [0.2, 0.25) is 0 Å². The zero-order valence-corrected chi connectivity index (χ0v) is 15.8. The molecule has 7 heteroatoms. The summed E-state index contributed by atoms with van der Waals surface area (Å²) in [5, 5.41) is 0. The van der Waals surface area contributed by atoms with Crippen LogP contribution in [0.15, 0.2) is 6.20 Å². The van der Waals surface area contributed by atoms with E-state index in [1.807, 2.05) is 38.9 Å². The molecular formula is C18H30N4O3. The Morgan fingerprint density at radius 3 is 2.80 bits per heavy atom. The molecule has 0 aromatic carbocycles. The highest BCUT2D eigenvalue weighted by molar-refractivity contribution is 5.78. The van der Waals surface area contributed by atoms with Crippen molar-refractivity contribution in [2.24, 2.45) is 13.0 Å². The average molecular weight is 350 g/mol. The second kappa shape index (κ2) is 7.43. The van der Waals surface area contributed by atoms with Crippen LogP contribution in [0.4, 0.5) is 0 Å². The molecule has 2 aliphatic rings. The standard InChI is InChI=1S/C18H30N4O3/c1-14(2)17(23)22-6-7-24-13-18(12-22)11-21(5-8-25-18)10-16-9-19-15(3)20(16)4/h9,14H,5-8,10-13H2,1-4H3. The number of carbonyl (C=O) groups is 1. The van der Waals surface area contributed by atoms with Crippen LogP contribution in [0.3, 0.4) is 0 Å². The minimum Gasteiger partial charge on any atom is -0.376 e.